The average molecular weight is 363 g/mol. The quantitative estimate of drug-likeness (QED) is 0.870. The number of aryl methyl sites for hydroxylation is 3. The van der Waals surface area contributed by atoms with E-state index < -0.39 is 10.0 Å². The van der Waals surface area contributed by atoms with Crippen LogP contribution in [0.25, 0.3) is 0 Å². The number of hydrogen-bond donors (Lipinski definition) is 1. The summed E-state index contributed by atoms with van der Waals surface area (Å²) in [5.41, 5.74) is 4.64. The van der Waals surface area contributed by atoms with Gasteiger partial charge >= 0.3 is 0 Å². The third kappa shape index (κ3) is 3.58. The van der Waals surface area contributed by atoms with Crippen molar-refractivity contribution in [1.29, 1.82) is 0 Å². The number of methoxy groups -OCH3 is 2. The Morgan fingerprint density at radius 2 is 1.24 bits per heavy atom. The summed E-state index contributed by atoms with van der Waals surface area (Å²) < 4.78 is 39.4. The maximum atomic E-state index is 13.1. The largest absolute Gasteiger partial charge is 0.493 e. The lowest BCUT2D eigenvalue weighted by Crippen LogP contribution is -2.17. The van der Waals surface area contributed by atoms with Gasteiger partial charge in [0.2, 0.25) is 0 Å². The van der Waals surface area contributed by atoms with Crippen LogP contribution in [-0.4, -0.2) is 22.6 Å². The van der Waals surface area contributed by atoms with Crippen molar-refractivity contribution >= 4 is 15.7 Å². The highest BCUT2D eigenvalue weighted by atomic mass is 32.2. The SMILES string of the molecule is COc1cc(C)c(NS(=O)(=O)c2c(C)c(C)cc(C)c2C)cc1OC. The molecular weight excluding hydrogens is 338 g/mol. The summed E-state index contributed by atoms with van der Waals surface area (Å²) in [6.07, 6.45) is 0. The molecule has 6 heteroatoms. The molecule has 0 unspecified atom stereocenters. The first-order valence-corrected chi connectivity index (χ1v) is 9.43. The summed E-state index contributed by atoms with van der Waals surface area (Å²) in [7, 11) is -0.671. The van der Waals surface area contributed by atoms with Gasteiger partial charge in [0, 0.05) is 6.07 Å². The molecule has 0 fully saturated rings. The van der Waals surface area contributed by atoms with Crippen molar-refractivity contribution in [2.75, 3.05) is 18.9 Å². The molecule has 0 aliphatic carbocycles. The zero-order valence-corrected chi connectivity index (χ0v) is 16.6. The first-order valence-electron chi connectivity index (χ1n) is 7.95. The Kier molecular flexibility index (Phi) is 5.32. The third-order valence-corrected chi connectivity index (χ3v) is 6.18. The molecular formula is C19H25NO4S. The van der Waals surface area contributed by atoms with Gasteiger partial charge in [0.25, 0.3) is 10.0 Å². The normalized spacial score (nSPS) is 11.3. The summed E-state index contributed by atoms with van der Waals surface area (Å²) in [6.45, 7) is 9.32. The van der Waals surface area contributed by atoms with Crippen LogP contribution in [0.4, 0.5) is 5.69 Å². The fourth-order valence-electron chi connectivity index (χ4n) is 2.87. The molecule has 2 rings (SSSR count). The van der Waals surface area contributed by atoms with Crippen molar-refractivity contribution in [3.8, 4) is 11.5 Å². The second kappa shape index (κ2) is 6.96. The van der Waals surface area contributed by atoms with Crippen molar-refractivity contribution in [3.63, 3.8) is 0 Å². The van der Waals surface area contributed by atoms with Gasteiger partial charge in [0.1, 0.15) is 0 Å². The van der Waals surface area contributed by atoms with Crippen LogP contribution in [0.5, 0.6) is 11.5 Å². The van der Waals surface area contributed by atoms with Gasteiger partial charge in [0.05, 0.1) is 24.8 Å². The zero-order valence-electron chi connectivity index (χ0n) is 15.8. The lowest BCUT2D eigenvalue weighted by molar-refractivity contribution is 0.355. The lowest BCUT2D eigenvalue weighted by atomic mass is 10.0. The van der Waals surface area contributed by atoms with E-state index in [1.807, 2.05) is 40.7 Å². The number of ether oxygens (including phenoxy) is 2. The van der Waals surface area contributed by atoms with Crippen LogP contribution >= 0.6 is 0 Å². The van der Waals surface area contributed by atoms with E-state index in [2.05, 4.69) is 4.72 Å². The number of benzene rings is 2. The van der Waals surface area contributed by atoms with Gasteiger partial charge in [-0.05, 0) is 68.5 Å². The highest BCUT2D eigenvalue weighted by Gasteiger charge is 2.23. The molecule has 0 aromatic heterocycles. The molecule has 136 valence electrons. The number of rotatable bonds is 5. The average Bonchev–Trinajstić information content (AvgIpc) is 2.54. The molecule has 0 radical (unpaired) electrons. The van der Waals surface area contributed by atoms with Crippen molar-refractivity contribution in [3.05, 3.63) is 46.0 Å². The van der Waals surface area contributed by atoms with Crippen LogP contribution in [0.15, 0.2) is 23.1 Å². The highest BCUT2D eigenvalue weighted by Crippen LogP contribution is 2.35. The van der Waals surface area contributed by atoms with E-state index in [0.717, 1.165) is 27.8 Å². The van der Waals surface area contributed by atoms with Crippen LogP contribution < -0.4 is 14.2 Å². The van der Waals surface area contributed by atoms with E-state index in [1.165, 1.54) is 7.11 Å². The minimum Gasteiger partial charge on any atom is -0.493 e. The van der Waals surface area contributed by atoms with Gasteiger partial charge in [-0.15, -0.1) is 0 Å². The predicted molar refractivity (Wildman–Crippen MR) is 100 cm³/mol. The molecule has 2 aromatic rings. The molecule has 0 atom stereocenters. The standard InChI is InChI=1S/C19H25NO4S/c1-11-8-12(2)15(5)19(14(11)4)25(21,22)20-16-10-18(24-7)17(23-6)9-13(16)3/h8-10,20H,1-7H3. The van der Waals surface area contributed by atoms with E-state index in [1.54, 1.807) is 19.2 Å². The van der Waals surface area contributed by atoms with E-state index >= 15 is 0 Å². The topological polar surface area (TPSA) is 64.6 Å². The Morgan fingerprint density at radius 1 is 0.760 bits per heavy atom. The maximum Gasteiger partial charge on any atom is 0.262 e. The summed E-state index contributed by atoms with van der Waals surface area (Å²) in [6, 6.07) is 5.39. The molecule has 5 nitrogen and oxygen atoms in total. The Labute approximate surface area is 150 Å². The summed E-state index contributed by atoms with van der Waals surface area (Å²) in [5.74, 6) is 1.03. The smallest absolute Gasteiger partial charge is 0.262 e. The lowest BCUT2D eigenvalue weighted by Gasteiger charge is -2.18. The third-order valence-electron chi connectivity index (χ3n) is 4.54. The number of nitrogens with one attached hydrogen (secondary N) is 1. The predicted octanol–water partition coefficient (Wildman–Crippen LogP) is 4.05. The minimum atomic E-state index is -3.73. The molecule has 0 aliphatic heterocycles. The Hall–Kier alpha value is -2.21. The fraction of sp³-hybridized carbons (Fsp3) is 0.368. The van der Waals surface area contributed by atoms with Crippen LogP contribution in [0, 0.1) is 34.6 Å². The maximum absolute atomic E-state index is 13.1. The van der Waals surface area contributed by atoms with Crippen LogP contribution in [0.2, 0.25) is 0 Å². The molecule has 0 bridgehead atoms. The molecule has 0 amide bonds. The van der Waals surface area contributed by atoms with Crippen molar-refractivity contribution < 1.29 is 17.9 Å². The fourth-order valence-corrected chi connectivity index (χ4v) is 4.61. The second-order valence-electron chi connectivity index (χ2n) is 6.22. The molecule has 0 saturated heterocycles. The van der Waals surface area contributed by atoms with Crippen LogP contribution in [-0.2, 0) is 10.0 Å². The molecule has 0 spiro atoms. The monoisotopic (exact) mass is 363 g/mol. The van der Waals surface area contributed by atoms with Gasteiger partial charge in [0.15, 0.2) is 11.5 Å². The molecule has 25 heavy (non-hydrogen) atoms. The molecule has 0 heterocycles. The first-order chi connectivity index (χ1) is 11.6. The first kappa shape index (κ1) is 19.1. The molecule has 1 N–H and O–H groups in total. The van der Waals surface area contributed by atoms with Crippen molar-refractivity contribution in [2.24, 2.45) is 0 Å². The van der Waals surface area contributed by atoms with E-state index in [4.69, 9.17) is 9.47 Å². The van der Waals surface area contributed by atoms with Gasteiger partial charge in [-0.2, -0.15) is 0 Å². The van der Waals surface area contributed by atoms with Gasteiger partial charge in [-0.1, -0.05) is 6.07 Å². The second-order valence-corrected chi connectivity index (χ2v) is 7.84. The van der Waals surface area contributed by atoms with Crippen molar-refractivity contribution in [1.82, 2.24) is 0 Å². The summed E-state index contributed by atoms with van der Waals surface area (Å²) >= 11 is 0. The molecule has 0 saturated carbocycles. The molecule has 2 aromatic carbocycles. The highest BCUT2D eigenvalue weighted by molar-refractivity contribution is 7.92. The Morgan fingerprint density at radius 3 is 1.72 bits per heavy atom. The van der Waals surface area contributed by atoms with E-state index in [9.17, 15) is 8.42 Å². The summed E-state index contributed by atoms with van der Waals surface area (Å²) in [5, 5.41) is 0. The van der Waals surface area contributed by atoms with Gasteiger partial charge in [-0.3, -0.25) is 4.72 Å². The number of sulfonamides is 1. The van der Waals surface area contributed by atoms with Crippen molar-refractivity contribution in [2.45, 2.75) is 39.5 Å². The summed E-state index contributed by atoms with van der Waals surface area (Å²) in [4.78, 5) is 0.333. The van der Waals surface area contributed by atoms with Crippen LogP contribution in [0.1, 0.15) is 27.8 Å². The number of hydrogen-bond acceptors (Lipinski definition) is 4. The zero-order chi connectivity index (χ0) is 18.9. The van der Waals surface area contributed by atoms with Crippen LogP contribution in [0.3, 0.4) is 0 Å². The van der Waals surface area contributed by atoms with E-state index in [0.29, 0.717) is 22.1 Å². The van der Waals surface area contributed by atoms with Gasteiger partial charge in [-0.25, -0.2) is 8.42 Å². The number of anilines is 1. The molecule has 0 aliphatic rings. The minimum absolute atomic E-state index is 0.333. The Balaban J connectivity index is 2.58. The van der Waals surface area contributed by atoms with Gasteiger partial charge < -0.3 is 9.47 Å². The van der Waals surface area contributed by atoms with E-state index in [-0.39, 0.29) is 0 Å². The Bertz CT molecular complexity index is 892.